The lowest BCUT2D eigenvalue weighted by molar-refractivity contribution is -0.142. The zero-order valence-corrected chi connectivity index (χ0v) is 19.0. The highest BCUT2D eigenvalue weighted by Gasteiger charge is 2.31. The van der Waals surface area contributed by atoms with Crippen LogP contribution < -0.4 is 33.2 Å². The molecular weight excluding hydrogens is 422 g/mol. The average molecular weight is 460 g/mol. The summed E-state index contributed by atoms with van der Waals surface area (Å²) in [6.07, 6.45) is 0.310. The molecule has 3 amide bonds. The Morgan fingerprint density at radius 1 is 0.875 bits per heavy atom. The summed E-state index contributed by atoms with van der Waals surface area (Å²) < 4.78 is 0. The van der Waals surface area contributed by atoms with Crippen LogP contribution in [0.2, 0.25) is 0 Å². The van der Waals surface area contributed by atoms with E-state index in [0.717, 1.165) is 0 Å². The quantitative estimate of drug-likeness (QED) is 0.0760. The molecule has 0 aliphatic rings. The number of nitrogens with two attached hydrogens (primary N) is 3. The summed E-state index contributed by atoms with van der Waals surface area (Å²) in [7, 11) is 0. The van der Waals surface area contributed by atoms with Crippen LogP contribution in [-0.4, -0.2) is 77.2 Å². The van der Waals surface area contributed by atoms with E-state index in [4.69, 9.17) is 17.2 Å². The van der Waals surface area contributed by atoms with Gasteiger partial charge in [-0.15, -0.1) is 0 Å². The van der Waals surface area contributed by atoms with E-state index in [-0.39, 0.29) is 37.2 Å². The Balaban J connectivity index is 5.12. The van der Waals surface area contributed by atoms with Gasteiger partial charge in [-0.1, -0.05) is 27.7 Å². The molecule has 13 nitrogen and oxygen atoms in total. The van der Waals surface area contributed by atoms with Crippen molar-refractivity contribution in [1.82, 2.24) is 16.0 Å². The smallest absolute Gasteiger partial charge is 0.326 e. The minimum absolute atomic E-state index is 0.0295. The number of aliphatic hydroxyl groups excluding tert-OH is 1. The van der Waals surface area contributed by atoms with Gasteiger partial charge in [-0.2, -0.15) is 0 Å². The van der Waals surface area contributed by atoms with Crippen LogP contribution in [0.15, 0.2) is 4.99 Å². The van der Waals surface area contributed by atoms with Gasteiger partial charge in [0, 0.05) is 6.54 Å². The topological polar surface area (TPSA) is 235 Å². The van der Waals surface area contributed by atoms with E-state index in [2.05, 4.69) is 20.9 Å². The molecule has 4 unspecified atom stereocenters. The van der Waals surface area contributed by atoms with Crippen molar-refractivity contribution in [2.24, 2.45) is 34.0 Å². The molecule has 0 saturated carbocycles. The van der Waals surface area contributed by atoms with Crippen molar-refractivity contribution in [3.8, 4) is 0 Å². The normalized spacial score (nSPS) is 14.8. The maximum atomic E-state index is 12.7. The maximum absolute atomic E-state index is 12.7. The second-order valence-corrected chi connectivity index (χ2v) is 8.09. The van der Waals surface area contributed by atoms with E-state index in [1.165, 1.54) is 0 Å². The van der Waals surface area contributed by atoms with E-state index in [1.807, 2.05) is 0 Å². The number of nitrogens with zero attached hydrogens (tertiary/aromatic N) is 1. The minimum atomic E-state index is -1.42. The summed E-state index contributed by atoms with van der Waals surface area (Å²) >= 11 is 0. The van der Waals surface area contributed by atoms with Gasteiger partial charge in [0.15, 0.2) is 5.96 Å². The molecule has 32 heavy (non-hydrogen) atoms. The van der Waals surface area contributed by atoms with Crippen LogP contribution in [0, 0.1) is 11.8 Å². The van der Waals surface area contributed by atoms with Crippen molar-refractivity contribution >= 4 is 29.7 Å². The third-order valence-corrected chi connectivity index (χ3v) is 4.64. The second kappa shape index (κ2) is 14.2. The molecule has 0 aliphatic heterocycles. The second-order valence-electron chi connectivity index (χ2n) is 8.09. The number of hydrogen-bond acceptors (Lipinski definition) is 7. The average Bonchev–Trinajstić information content (AvgIpc) is 2.70. The number of hydrogen-bond donors (Lipinski definition) is 8. The van der Waals surface area contributed by atoms with E-state index < -0.39 is 54.5 Å². The van der Waals surface area contributed by atoms with E-state index in [9.17, 15) is 29.4 Å². The van der Waals surface area contributed by atoms with E-state index >= 15 is 0 Å². The number of aliphatic carboxylic acids is 1. The largest absolute Gasteiger partial charge is 0.480 e. The molecule has 0 aromatic rings. The summed E-state index contributed by atoms with van der Waals surface area (Å²) in [5, 5.41) is 26.0. The van der Waals surface area contributed by atoms with Crippen molar-refractivity contribution < 1.29 is 29.4 Å². The lowest BCUT2D eigenvalue weighted by atomic mass is 10.00. The molecule has 0 bridgehead atoms. The lowest BCUT2D eigenvalue weighted by Crippen LogP contribution is -2.59. The van der Waals surface area contributed by atoms with Crippen LogP contribution in [0.25, 0.3) is 0 Å². The molecule has 0 fully saturated rings. The van der Waals surface area contributed by atoms with Gasteiger partial charge in [0.05, 0.1) is 12.6 Å². The van der Waals surface area contributed by atoms with Gasteiger partial charge in [0.25, 0.3) is 0 Å². The Morgan fingerprint density at radius 3 is 1.88 bits per heavy atom. The number of carbonyl (C=O) groups excluding carboxylic acids is 3. The number of aliphatic imine (C=N–C) groups is 1. The zero-order valence-electron chi connectivity index (χ0n) is 19.0. The molecule has 0 saturated heterocycles. The third-order valence-electron chi connectivity index (χ3n) is 4.64. The van der Waals surface area contributed by atoms with Gasteiger partial charge in [-0.05, 0) is 24.7 Å². The monoisotopic (exact) mass is 459 g/mol. The van der Waals surface area contributed by atoms with Crippen LogP contribution in [0.3, 0.4) is 0 Å². The number of amides is 3. The molecule has 0 aromatic carbocycles. The Kier molecular flexibility index (Phi) is 12.9. The minimum Gasteiger partial charge on any atom is -0.480 e. The van der Waals surface area contributed by atoms with Crippen molar-refractivity contribution in [3.63, 3.8) is 0 Å². The molecule has 11 N–H and O–H groups in total. The summed E-state index contributed by atoms with van der Waals surface area (Å²) in [4.78, 5) is 52.5. The number of carbonyl (C=O) groups is 4. The van der Waals surface area contributed by atoms with Crippen molar-refractivity contribution in [1.29, 1.82) is 0 Å². The number of rotatable bonds is 14. The Labute approximate surface area is 187 Å². The predicted molar refractivity (Wildman–Crippen MR) is 118 cm³/mol. The SMILES string of the molecule is CC(C)C(N)C(=O)NC(C(=O)NC(CO)C(=O)NC(CCCN=C(N)N)C(=O)O)C(C)C. The first-order valence-corrected chi connectivity index (χ1v) is 10.4. The molecular formula is C19H37N7O6. The fourth-order valence-corrected chi connectivity index (χ4v) is 2.58. The van der Waals surface area contributed by atoms with Crippen molar-refractivity contribution in [2.75, 3.05) is 13.2 Å². The highest BCUT2D eigenvalue weighted by Crippen LogP contribution is 2.06. The first kappa shape index (κ1) is 29.1. The Morgan fingerprint density at radius 2 is 1.44 bits per heavy atom. The van der Waals surface area contributed by atoms with Crippen LogP contribution >= 0.6 is 0 Å². The zero-order chi connectivity index (χ0) is 25.0. The summed E-state index contributed by atoms with van der Waals surface area (Å²) in [5.74, 6) is -4.04. The number of guanidine groups is 1. The van der Waals surface area contributed by atoms with Gasteiger partial charge in [-0.25, -0.2) is 4.79 Å². The molecule has 0 spiro atoms. The van der Waals surface area contributed by atoms with Crippen LogP contribution in [-0.2, 0) is 19.2 Å². The predicted octanol–water partition coefficient (Wildman–Crippen LogP) is -2.79. The van der Waals surface area contributed by atoms with Crippen molar-refractivity contribution in [3.05, 3.63) is 0 Å². The summed E-state index contributed by atoms with van der Waals surface area (Å²) in [5.41, 5.74) is 16.2. The summed E-state index contributed by atoms with van der Waals surface area (Å²) in [6, 6.07) is -4.52. The number of nitrogens with one attached hydrogen (secondary N) is 3. The molecule has 0 rings (SSSR count). The lowest BCUT2D eigenvalue weighted by Gasteiger charge is -2.27. The molecule has 0 heterocycles. The van der Waals surface area contributed by atoms with Gasteiger partial charge < -0.3 is 43.4 Å². The van der Waals surface area contributed by atoms with Crippen LogP contribution in [0.4, 0.5) is 0 Å². The van der Waals surface area contributed by atoms with Gasteiger partial charge in [0.2, 0.25) is 17.7 Å². The first-order chi connectivity index (χ1) is 14.8. The number of carboxylic acids is 1. The molecule has 0 aliphatic carbocycles. The molecule has 13 heteroatoms. The Hall–Kier alpha value is -2.93. The van der Waals surface area contributed by atoms with Gasteiger partial charge in [0.1, 0.15) is 18.1 Å². The number of carboxylic acid groups (broad SMARTS) is 1. The molecule has 184 valence electrons. The van der Waals surface area contributed by atoms with E-state index in [1.54, 1.807) is 27.7 Å². The van der Waals surface area contributed by atoms with E-state index in [0.29, 0.717) is 0 Å². The standard InChI is InChI=1S/C19H37N7O6/c1-9(2)13(20)16(29)26-14(10(3)4)17(30)25-12(8-27)15(28)24-11(18(31)32)6-5-7-23-19(21)22/h9-14,27H,5-8,20H2,1-4H3,(H,24,28)(H,25,30)(H,26,29)(H,31,32)(H4,21,22,23). The molecule has 0 aromatic heterocycles. The van der Waals surface area contributed by atoms with Crippen molar-refractivity contribution in [2.45, 2.75) is 64.7 Å². The van der Waals surface area contributed by atoms with Gasteiger partial charge in [-0.3, -0.25) is 19.4 Å². The third kappa shape index (κ3) is 10.4. The summed E-state index contributed by atoms with van der Waals surface area (Å²) in [6.45, 7) is 6.31. The highest BCUT2D eigenvalue weighted by molar-refractivity contribution is 5.94. The molecule has 0 radical (unpaired) electrons. The maximum Gasteiger partial charge on any atom is 0.326 e. The molecule has 4 atom stereocenters. The first-order valence-electron chi connectivity index (χ1n) is 10.4. The highest BCUT2D eigenvalue weighted by atomic mass is 16.4. The Bertz CT molecular complexity index is 679. The van der Waals surface area contributed by atoms with Crippen LogP contribution in [0.5, 0.6) is 0 Å². The fourth-order valence-electron chi connectivity index (χ4n) is 2.58. The van der Waals surface area contributed by atoms with Gasteiger partial charge >= 0.3 is 5.97 Å². The number of aliphatic hydroxyl groups is 1. The fraction of sp³-hybridized carbons (Fsp3) is 0.737. The van der Waals surface area contributed by atoms with Crippen LogP contribution in [0.1, 0.15) is 40.5 Å².